The van der Waals surface area contributed by atoms with Crippen LogP contribution in [0.3, 0.4) is 0 Å². The van der Waals surface area contributed by atoms with E-state index in [1.165, 1.54) is 28.8 Å². The van der Waals surface area contributed by atoms with Crippen LogP contribution in [0.2, 0.25) is 0 Å². The zero-order valence-electron chi connectivity index (χ0n) is 20.3. The average Bonchev–Trinajstić information content (AvgIpc) is 3.33. The molecule has 0 bridgehead atoms. The highest BCUT2D eigenvalue weighted by Gasteiger charge is 2.36. The monoisotopic (exact) mass is 517 g/mol. The molecule has 0 atom stereocenters. The fraction of sp³-hybridized carbons (Fsp3) is 0.280. The molecule has 0 radical (unpaired) electrons. The summed E-state index contributed by atoms with van der Waals surface area (Å²) in [4.78, 5) is 38.1. The van der Waals surface area contributed by atoms with Gasteiger partial charge in [-0.1, -0.05) is 26.0 Å². The number of carbonyl (C=O) groups is 3. The topological polar surface area (TPSA) is 117 Å². The molecule has 37 heavy (non-hydrogen) atoms. The highest BCUT2D eigenvalue weighted by molar-refractivity contribution is 6.12. The summed E-state index contributed by atoms with van der Waals surface area (Å²) in [6.45, 7) is 3.93. The van der Waals surface area contributed by atoms with Crippen LogP contribution in [0.5, 0.6) is 0 Å². The van der Waals surface area contributed by atoms with E-state index in [1.54, 1.807) is 30.6 Å². The number of nitrogens with zero attached hydrogens (tertiary/aromatic N) is 3. The second kappa shape index (κ2) is 11.1. The largest absolute Gasteiger partial charge is 0.465 e. The third-order valence-corrected chi connectivity index (χ3v) is 5.27. The van der Waals surface area contributed by atoms with E-state index in [4.69, 9.17) is 0 Å². The van der Waals surface area contributed by atoms with E-state index in [2.05, 4.69) is 10.4 Å². The number of carboxylic acid groups (broad SMARTS) is 1. The van der Waals surface area contributed by atoms with Crippen LogP contribution in [0, 0.1) is 5.92 Å². The molecule has 12 heteroatoms. The molecule has 0 fully saturated rings. The standard InChI is InChI=1S/C25H26F3N5O4/c1-15(2)14-32(3)21-12-20(31-24(36)37)19(11-18(21)25(26,27)28)30-23(35)13-22(34)16-6-4-7-17(10-16)33-9-5-8-29-33/h4-12,15,31H,13-14H2,1-3H3,(H,30,35)(H,36,37). The minimum atomic E-state index is -4.79. The van der Waals surface area contributed by atoms with Crippen LogP contribution < -0.4 is 15.5 Å². The number of benzene rings is 2. The third-order valence-electron chi connectivity index (χ3n) is 5.27. The van der Waals surface area contributed by atoms with Gasteiger partial charge in [0.15, 0.2) is 5.78 Å². The highest BCUT2D eigenvalue weighted by Crippen LogP contribution is 2.41. The van der Waals surface area contributed by atoms with Crippen LogP contribution in [0.15, 0.2) is 54.9 Å². The summed E-state index contributed by atoms with van der Waals surface area (Å²) in [6.07, 6.45) is -3.76. The number of amides is 2. The van der Waals surface area contributed by atoms with Crippen molar-refractivity contribution < 1.29 is 32.7 Å². The number of halogens is 3. The van der Waals surface area contributed by atoms with Crippen molar-refractivity contribution in [1.29, 1.82) is 0 Å². The Balaban J connectivity index is 1.89. The van der Waals surface area contributed by atoms with Crippen LogP contribution >= 0.6 is 0 Å². The van der Waals surface area contributed by atoms with Crippen molar-refractivity contribution in [2.75, 3.05) is 29.1 Å². The average molecular weight is 518 g/mol. The van der Waals surface area contributed by atoms with Gasteiger partial charge in [-0.05, 0) is 36.2 Å². The molecule has 0 aliphatic carbocycles. The number of Topliss-reactive ketones (excluding diaryl/α,β-unsaturated/α-hetero) is 1. The molecule has 2 amide bonds. The lowest BCUT2D eigenvalue weighted by Gasteiger charge is -2.27. The number of hydrogen-bond acceptors (Lipinski definition) is 5. The molecular weight excluding hydrogens is 491 g/mol. The zero-order chi connectivity index (χ0) is 27.3. The lowest BCUT2D eigenvalue weighted by atomic mass is 10.1. The molecule has 1 heterocycles. The molecule has 196 valence electrons. The first-order valence-electron chi connectivity index (χ1n) is 11.2. The Bertz CT molecular complexity index is 1290. The number of rotatable bonds is 9. The molecule has 0 aliphatic heterocycles. The summed E-state index contributed by atoms with van der Waals surface area (Å²) in [6, 6.07) is 9.74. The Kier molecular flexibility index (Phi) is 8.21. The van der Waals surface area contributed by atoms with Crippen molar-refractivity contribution in [3.05, 3.63) is 66.0 Å². The van der Waals surface area contributed by atoms with Crippen molar-refractivity contribution in [2.45, 2.75) is 26.4 Å². The molecule has 0 spiro atoms. The predicted octanol–water partition coefficient (Wildman–Crippen LogP) is 5.28. The van der Waals surface area contributed by atoms with E-state index in [9.17, 15) is 32.7 Å². The maximum absolute atomic E-state index is 13.9. The van der Waals surface area contributed by atoms with Gasteiger partial charge in [0, 0.05) is 31.5 Å². The van der Waals surface area contributed by atoms with Gasteiger partial charge in [-0.25, -0.2) is 9.48 Å². The van der Waals surface area contributed by atoms with E-state index in [0.29, 0.717) is 11.8 Å². The molecule has 0 aliphatic rings. The van der Waals surface area contributed by atoms with Gasteiger partial charge in [-0.15, -0.1) is 0 Å². The van der Waals surface area contributed by atoms with E-state index in [0.717, 1.165) is 6.07 Å². The second-order valence-corrected chi connectivity index (χ2v) is 8.77. The lowest BCUT2D eigenvalue weighted by Crippen LogP contribution is -2.26. The predicted molar refractivity (Wildman–Crippen MR) is 132 cm³/mol. The minimum Gasteiger partial charge on any atom is -0.465 e. The van der Waals surface area contributed by atoms with Gasteiger partial charge >= 0.3 is 12.3 Å². The fourth-order valence-corrected chi connectivity index (χ4v) is 3.78. The Morgan fingerprint density at radius 3 is 2.38 bits per heavy atom. The Hall–Kier alpha value is -4.35. The molecule has 1 aromatic heterocycles. The molecule has 2 aromatic carbocycles. The first kappa shape index (κ1) is 27.2. The van der Waals surface area contributed by atoms with Crippen LogP contribution in [0.4, 0.5) is 35.0 Å². The van der Waals surface area contributed by atoms with E-state index in [1.807, 2.05) is 19.2 Å². The molecule has 3 aromatic rings. The quantitative estimate of drug-likeness (QED) is 0.263. The molecule has 0 saturated carbocycles. The Morgan fingerprint density at radius 1 is 1.08 bits per heavy atom. The molecular formula is C25H26F3N5O4. The molecule has 0 unspecified atom stereocenters. The van der Waals surface area contributed by atoms with Gasteiger partial charge < -0.3 is 15.3 Å². The fourth-order valence-electron chi connectivity index (χ4n) is 3.78. The number of hydrogen-bond donors (Lipinski definition) is 3. The SMILES string of the molecule is CC(C)CN(C)c1cc(NC(=O)O)c(NC(=O)CC(=O)c2cccc(-n3cccn3)c2)cc1C(F)(F)F. The number of anilines is 3. The number of ketones is 1. The Morgan fingerprint density at radius 2 is 1.78 bits per heavy atom. The lowest BCUT2D eigenvalue weighted by molar-refractivity contribution is -0.137. The Labute approximate surface area is 210 Å². The first-order valence-corrected chi connectivity index (χ1v) is 11.2. The molecule has 3 N–H and O–H groups in total. The number of nitrogens with one attached hydrogen (secondary N) is 2. The maximum Gasteiger partial charge on any atom is 0.418 e. The van der Waals surface area contributed by atoms with Gasteiger partial charge in [-0.2, -0.15) is 18.3 Å². The van der Waals surface area contributed by atoms with E-state index >= 15 is 0 Å². The molecule has 9 nitrogen and oxygen atoms in total. The van der Waals surface area contributed by atoms with Crippen molar-refractivity contribution >= 4 is 34.8 Å². The van der Waals surface area contributed by atoms with Crippen LogP contribution in [0.25, 0.3) is 5.69 Å². The van der Waals surface area contributed by atoms with Gasteiger partial charge in [-0.3, -0.25) is 14.9 Å². The number of aromatic nitrogens is 2. The summed E-state index contributed by atoms with van der Waals surface area (Å²) in [7, 11) is 1.46. The van der Waals surface area contributed by atoms with Crippen molar-refractivity contribution in [3.8, 4) is 5.69 Å². The number of alkyl halides is 3. The summed E-state index contributed by atoms with van der Waals surface area (Å²) in [5, 5.41) is 17.6. The van der Waals surface area contributed by atoms with Gasteiger partial charge in [0.25, 0.3) is 0 Å². The van der Waals surface area contributed by atoms with E-state index < -0.39 is 41.6 Å². The highest BCUT2D eigenvalue weighted by atomic mass is 19.4. The zero-order valence-corrected chi connectivity index (χ0v) is 20.3. The van der Waals surface area contributed by atoms with Crippen LogP contribution in [0.1, 0.15) is 36.2 Å². The number of carbonyl (C=O) groups excluding carboxylic acids is 2. The molecule has 0 saturated heterocycles. The van der Waals surface area contributed by atoms with Crippen molar-refractivity contribution in [2.24, 2.45) is 5.92 Å². The smallest absolute Gasteiger partial charge is 0.418 e. The van der Waals surface area contributed by atoms with Crippen molar-refractivity contribution in [1.82, 2.24) is 9.78 Å². The van der Waals surface area contributed by atoms with Gasteiger partial charge in [0.1, 0.15) is 0 Å². The van der Waals surface area contributed by atoms with Gasteiger partial charge in [0.2, 0.25) is 5.91 Å². The van der Waals surface area contributed by atoms with Crippen LogP contribution in [-0.4, -0.2) is 46.3 Å². The van der Waals surface area contributed by atoms with E-state index in [-0.39, 0.29) is 29.4 Å². The maximum atomic E-state index is 13.9. The summed E-state index contributed by atoms with van der Waals surface area (Å²) < 4.78 is 43.2. The molecule has 3 rings (SSSR count). The van der Waals surface area contributed by atoms with Crippen molar-refractivity contribution in [3.63, 3.8) is 0 Å². The van der Waals surface area contributed by atoms with Crippen LogP contribution in [-0.2, 0) is 11.0 Å². The normalized spacial score (nSPS) is 11.3. The summed E-state index contributed by atoms with van der Waals surface area (Å²) >= 11 is 0. The van der Waals surface area contributed by atoms with Gasteiger partial charge in [0.05, 0.1) is 34.7 Å². The third kappa shape index (κ3) is 7.09. The first-order chi connectivity index (χ1) is 17.3. The summed E-state index contributed by atoms with van der Waals surface area (Å²) in [5.41, 5.74) is -1.20. The second-order valence-electron chi connectivity index (χ2n) is 8.77. The summed E-state index contributed by atoms with van der Waals surface area (Å²) in [5.74, 6) is -1.46. The minimum absolute atomic E-state index is 0.0270.